The number of benzene rings is 1. The normalized spacial score (nSPS) is 24.3. The van der Waals surface area contributed by atoms with Crippen LogP contribution in [0.4, 0.5) is 0 Å². The third-order valence-corrected chi connectivity index (χ3v) is 5.52. The Kier molecular flexibility index (Phi) is 4.55. The highest BCUT2D eigenvalue weighted by Gasteiger charge is 2.51. The Morgan fingerprint density at radius 1 is 1.21 bits per heavy atom. The van der Waals surface area contributed by atoms with E-state index in [2.05, 4.69) is 10.2 Å². The van der Waals surface area contributed by atoms with Crippen LogP contribution in [0.15, 0.2) is 40.8 Å². The molecule has 7 heteroatoms. The number of esters is 1. The van der Waals surface area contributed by atoms with Crippen molar-refractivity contribution in [3.8, 4) is 0 Å². The summed E-state index contributed by atoms with van der Waals surface area (Å²) in [7, 11) is 0. The first-order chi connectivity index (χ1) is 13.4. The summed E-state index contributed by atoms with van der Waals surface area (Å²) in [4.78, 5) is 38.9. The Labute approximate surface area is 162 Å². The minimum atomic E-state index is -0.699. The van der Waals surface area contributed by atoms with Crippen LogP contribution in [0.5, 0.6) is 0 Å². The van der Waals surface area contributed by atoms with Crippen molar-refractivity contribution in [1.82, 2.24) is 10.2 Å². The topological polar surface area (TPSA) is 88.9 Å². The number of furan rings is 1. The van der Waals surface area contributed by atoms with Gasteiger partial charge in [-0.3, -0.25) is 19.3 Å². The Morgan fingerprint density at radius 2 is 1.93 bits per heavy atom. The molecule has 1 N–H and O–H groups in total. The molecule has 0 unspecified atom stereocenters. The second kappa shape index (κ2) is 6.91. The Balaban J connectivity index is 1.51. The minimum Gasteiger partial charge on any atom is -0.461 e. The van der Waals surface area contributed by atoms with Crippen LogP contribution in [-0.4, -0.2) is 41.7 Å². The number of fused-ring (bicyclic) bond motifs is 2. The van der Waals surface area contributed by atoms with Crippen LogP contribution < -0.4 is 5.32 Å². The fourth-order valence-corrected chi connectivity index (χ4v) is 4.06. The molecule has 146 valence electrons. The lowest BCUT2D eigenvalue weighted by molar-refractivity contribution is -0.142. The summed E-state index contributed by atoms with van der Waals surface area (Å²) in [5.74, 6) is 0.717. The lowest BCUT2D eigenvalue weighted by Gasteiger charge is -2.27. The standard InChI is InChI=1S/C21H22N2O5/c1-13(24)27-11-15-8-7-14(28-15)9-23-10-18-21(2,12-23)19(25)16-5-3-4-6-17(16)20(26)22-18/h3-8,18H,9-12H2,1-2H3,(H,22,26)/t18-,21+/m1/s1. The molecule has 1 aromatic carbocycles. The van der Waals surface area contributed by atoms with Crippen LogP contribution in [0.25, 0.3) is 0 Å². The van der Waals surface area contributed by atoms with Crippen LogP contribution >= 0.6 is 0 Å². The van der Waals surface area contributed by atoms with Crippen LogP contribution in [-0.2, 0) is 22.7 Å². The van der Waals surface area contributed by atoms with Crippen molar-refractivity contribution in [1.29, 1.82) is 0 Å². The fraction of sp³-hybridized carbons (Fsp3) is 0.381. The number of hydrogen-bond acceptors (Lipinski definition) is 6. The maximum atomic E-state index is 13.2. The van der Waals surface area contributed by atoms with E-state index in [4.69, 9.17) is 9.15 Å². The molecular weight excluding hydrogens is 360 g/mol. The SMILES string of the molecule is CC(=O)OCc1ccc(CN2C[C@H]3NC(=O)c4ccccc4C(=O)[C@@]3(C)C2)o1. The number of likely N-dealkylation sites (tertiary alicyclic amines) is 1. The van der Waals surface area contributed by atoms with Crippen LogP contribution in [0.3, 0.4) is 0 Å². The van der Waals surface area contributed by atoms with Crippen molar-refractivity contribution in [2.24, 2.45) is 5.41 Å². The molecule has 0 spiro atoms. The summed E-state index contributed by atoms with van der Waals surface area (Å²) in [5.41, 5.74) is 0.222. The number of carbonyl (C=O) groups is 3. The first-order valence-electron chi connectivity index (χ1n) is 9.25. The molecule has 1 aromatic heterocycles. The monoisotopic (exact) mass is 382 g/mol. The van der Waals surface area contributed by atoms with E-state index in [0.29, 0.717) is 36.5 Å². The van der Waals surface area contributed by atoms with Crippen LogP contribution in [0, 0.1) is 5.41 Å². The summed E-state index contributed by atoms with van der Waals surface area (Å²) in [6.45, 7) is 4.95. The number of amides is 1. The van der Waals surface area contributed by atoms with Crippen molar-refractivity contribution in [3.63, 3.8) is 0 Å². The number of carbonyl (C=O) groups excluding carboxylic acids is 3. The molecule has 0 radical (unpaired) electrons. The van der Waals surface area contributed by atoms with Crippen molar-refractivity contribution in [2.45, 2.75) is 33.0 Å². The highest BCUT2D eigenvalue weighted by atomic mass is 16.5. The Hall–Kier alpha value is -2.93. The first-order valence-corrected chi connectivity index (χ1v) is 9.25. The summed E-state index contributed by atoms with van der Waals surface area (Å²) in [6.07, 6.45) is 0. The van der Waals surface area contributed by atoms with E-state index in [1.165, 1.54) is 6.92 Å². The number of nitrogens with zero attached hydrogens (tertiary/aromatic N) is 1. The van der Waals surface area contributed by atoms with Gasteiger partial charge in [0.2, 0.25) is 0 Å². The molecule has 7 nitrogen and oxygen atoms in total. The highest BCUT2D eigenvalue weighted by Crippen LogP contribution is 2.37. The molecule has 1 amide bonds. The summed E-state index contributed by atoms with van der Waals surface area (Å²) < 4.78 is 10.7. The van der Waals surface area contributed by atoms with Gasteiger partial charge in [-0.05, 0) is 25.1 Å². The number of ether oxygens (including phenoxy) is 1. The van der Waals surface area contributed by atoms with Gasteiger partial charge < -0.3 is 14.5 Å². The molecule has 2 atom stereocenters. The van der Waals surface area contributed by atoms with E-state index >= 15 is 0 Å². The maximum Gasteiger partial charge on any atom is 0.303 e. The molecule has 1 saturated heterocycles. The quantitative estimate of drug-likeness (QED) is 0.815. The smallest absolute Gasteiger partial charge is 0.303 e. The molecular formula is C21H22N2O5. The van der Waals surface area contributed by atoms with Gasteiger partial charge >= 0.3 is 5.97 Å². The zero-order valence-electron chi connectivity index (χ0n) is 15.9. The molecule has 1 fully saturated rings. The molecule has 4 rings (SSSR count). The van der Waals surface area contributed by atoms with Gasteiger partial charge in [-0.25, -0.2) is 0 Å². The molecule has 3 heterocycles. The Bertz CT molecular complexity index is 950. The zero-order chi connectivity index (χ0) is 19.9. The van der Waals surface area contributed by atoms with E-state index in [1.807, 2.05) is 13.0 Å². The summed E-state index contributed by atoms with van der Waals surface area (Å²) >= 11 is 0. The van der Waals surface area contributed by atoms with Crippen LogP contribution in [0.2, 0.25) is 0 Å². The number of nitrogens with one attached hydrogen (secondary N) is 1. The molecule has 0 bridgehead atoms. The predicted octanol–water partition coefficient (Wildman–Crippen LogP) is 2.16. The third-order valence-electron chi connectivity index (χ3n) is 5.52. The van der Waals surface area contributed by atoms with E-state index in [9.17, 15) is 14.4 Å². The second-order valence-corrected chi connectivity index (χ2v) is 7.64. The number of ketones is 1. The number of hydrogen-bond donors (Lipinski definition) is 1. The van der Waals surface area contributed by atoms with Gasteiger partial charge in [0.15, 0.2) is 5.78 Å². The van der Waals surface area contributed by atoms with Gasteiger partial charge in [0.25, 0.3) is 5.91 Å². The van der Waals surface area contributed by atoms with Crippen molar-refractivity contribution < 1.29 is 23.5 Å². The number of Topliss-reactive ketones (excluding diaryl/α,β-unsaturated/α-hetero) is 1. The van der Waals surface area contributed by atoms with Gasteiger partial charge in [0, 0.05) is 25.6 Å². The van der Waals surface area contributed by atoms with Crippen molar-refractivity contribution in [3.05, 3.63) is 59.0 Å². The van der Waals surface area contributed by atoms with Gasteiger partial charge in [-0.1, -0.05) is 18.2 Å². The zero-order valence-corrected chi connectivity index (χ0v) is 15.9. The van der Waals surface area contributed by atoms with Gasteiger partial charge in [-0.15, -0.1) is 0 Å². The molecule has 0 aliphatic carbocycles. The average molecular weight is 382 g/mol. The van der Waals surface area contributed by atoms with E-state index < -0.39 is 5.41 Å². The minimum absolute atomic E-state index is 0.0102. The van der Waals surface area contributed by atoms with E-state index in [1.54, 1.807) is 30.3 Å². The molecule has 0 saturated carbocycles. The first kappa shape index (κ1) is 18.4. The number of rotatable bonds is 4. The van der Waals surface area contributed by atoms with E-state index in [0.717, 1.165) is 5.76 Å². The molecule has 2 aliphatic heterocycles. The molecule has 2 aromatic rings. The second-order valence-electron chi connectivity index (χ2n) is 7.64. The summed E-state index contributed by atoms with van der Waals surface area (Å²) in [6, 6.07) is 10.3. The van der Waals surface area contributed by atoms with E-state index in [-0.39, 0.29) is 30.3 Å². The fourth-order valence-electron chi connectivity index (χ4n) is 4.06. The lowest BCUT2D eigenvalue weighted by Crippen LogP contribution is -2.47. The third kappa shape index (κ3) is 3.22. The lowest BCUT2D eigenvalue weighted by atomic mass is 9.78. The van der Waals surface area contributed by atoms with Gasteiger partial charge in [0.1, 0.15) is 18.1 Å². The van der Waals surface area contributed by atoms with Crippen molar-refractivity contribution >= 4 is 17.7 Å². The largest absolute Gasteiger partial charge is 0.461 e. The Morgan fingerprint density at radius 3 is 2.68 bits per heavy atom. The molecule has 28 heavy (non-hydrogen) atoms. The average Bonchev–Trinajstić information content (AvgIpc) is 3.22. The van der Waals surface area contributed by atoms with Gasteiger partial charge in [-0.2, -0.15) is 0 Å². The van der Waals surface area contributed by atoms with Gasteiger partial charge in [0.05, 0.1) is 23.6 Å². The summed E-state index contributed by atoms with van der Waals surface area (Å²) in [5, 5.41) is 3.03. The molecule has 2 aliphatic rings. The van der Waals surface area contributed by atoms with Crippen molar-refractivity contribution in [2.75, 3.05) is 13.1 Å². The predicted molar refractivity (Wildman–Crippen MR) is 99.6 cm³/mol. The maximum absolute atomic E-state index is 13.2. The highest BCUT2D eigenvalue weighted by molar-refractivity contribution is 6.12. The van der Waals surface area contributed by atoms with Crippen LogP contribution in [0.1, 0.15) is 46.1 Å².